The molecule has 0 aromatic heterocycles. The smallest absolute Gasteiger partial charge is 0.203 e. The molecule has 0 heterocycles. The molecule has 0 unspecified atom stereocenters. The number of hydrogen-bond donors (Lipinski definition) is 1. The van der Waals surface area contributed by atoms with Crippen LogP contribution in [-0.4, -0.2) is 19.3 Å². The van der Waals surface area contributed by atoms with Crippen molar-refractivity contribution in [3.63, 3.8) is 0 Å². The van der Waals surface area contributed by atoms with Gasteiger partial charge in [-0.2, -0.15) is 0 Å². The third-order valence-corrected chi connectivity index (χ3v) is 3.18. The van der Waals surface area contributed by atoms with E-state index in [-0.39, 0.29) is 17.2 Å². The van der Waals surface area contributed by atoms with Crippen LogP contribution in [0.5, 0.6) is 17.2 Å². The molecule has 0 spiro atoms. The molecule has 0 saturated carbocycles. The molecular weight excluding hydrogens is 259 g/mol. The maximum atomic E-state index is 14.2. The van der Waals surface area contributed by atoms with E-state index in [1.54, 1.807) is 0 Å². The summed E-state index contributed by atoms with van der Waals surface area (Å²) in [4.78, 5) is 0. The Morgan fingerprint density at radius 1 is 1.05 bits per heavy atom. The van der Waals surface area contributed by atoms with Gasteiger partial charge in [0.2, 0.25) is 11.5 Å². The van der Waals surface area contributed by atoms with E-state index >= 15 is 0 Å². The molecule has 0 atom stereocenters. The van der Waals surface area contributed by atoms with Crippen molar-refractivity contribution in [2.24, 2.45) is 0 Å². The Morgan fingerprint density at radius 2 is 1.75 bits per heavy atom. The molecule has 1 N–H and O–H groups in total. The predicted molar refractivity (Wildman–Crippen MR) is 75.0 cm³/mol. The summed E-state index contributed by atoms with van der Waals surface area (Å²) in [5.41, 5.74) is 1.58. The lowest BCUT2D eigenvalue weighted by Crippen LogP contribution is -2.00. The van der Waals surface area contributed by atoms with Crippen LogP contribution in [0.3, 0.4) is 0 Å². The van der Waals surface area contributed by atoms with Gasteiger partial charge in [0.25, 0.3) is 0 Å². The molecule has 2 aromatic carbocycles. The van der Waals surface area contributed by atoms with Gasteiger partial charge in [0.15, 0.2) is 11.6 Å². The Morgan fingerprint density at radius 3 is 2.35 bits per heavy atom. The third-order valence-electron chi connectivity index (χ3n) is 3.18. The van der Waals surface area contributed by atoms with E-state index in [0.29, 0.717) is 18.4 Å². The molecule has 0 fully saturated rings. The number of aryl methyl sites for hydroxylation is 2. The second-order valence-corrected chi connectivity index (χ2v) is 4.42. The van der Waals surface area contributed by atoms with Crippen LogP contribution in [0.25, 0.3) is 0 Å². The van der Waals surface area contributed by atoms with Crippen LogP contribution >= 0.6 is 0 Å². The molecule has 0 saturated heterocycles. The van der Waals surface area contributed by atoms with E-state index in [9.17, 15) is 9.50 Å². The number of aromatic hydroxyl groups is 1. The first kappa shape index (κ1) is 14.2. The number of phenolic OH excluding ortho intramolecular Hbond substituents is 1. The molecule has 3 nitrogen and oxygen atoms in total. The highest BCUT2D eigenvalue weighted by Crippen LogP contribution is 2.40. The average molecular weight is 276 g/mol. The molecule has 0 aliphatic heterocycles. The SMILES string of the molecule is COc1cc(CCc2ccccc2)c(F)c(OC)c1O. The van der Waals surface area contributed by atoms with E-state index in [2.05, 4.69) is 0 Å². The van der Waals surface area contributed by atoms with Gasteiger partial charge >= 0.3 is 0 Å². The number of ether oxygens (including phenoxy) is 2. The van der Waals surface area contributed by atoms with Gasteiger partial charge in [-0.25, -0.2) is 4.39 Å². The first-order valence-electron chi connectivity index (χ1n) is 6.33. The summed E-state index contributed by atoms with van der Waals surface area (Å²) in [5.74, 6) is -0.809. The van der Waals surface area contributed by atoms with Crippen molar-refractivity contribution in [1.29, 1.82) is 0 Å². The van der Waals surface area contributed by atoms with Crippen LogP contribution in [0, 0.1) is 5.82 Å². The average Bonchev–Trinajstić information content (AvgIpc) is 2.48. The van der Waals surface area contributed by atoms with E-state index in [1.165, 1.54) is 20.3 Å². The Hall–Kier alpha value is -2.23. The quantitative estimate of drug-likeness (QED) is 0.910. The summed E-state index contributed by atoms with van der Waals surface area (Å²) in [6.07, 6.45) is 1.21. The maximum Gasteiger partial charge on any atom is 0.203 e. The molecule has 0 bridgehead atoms. The summed E-state index contributed by atoms with van der Waals surface area (Å²) in [5, 5.41) is 9.79. The van der Waals surface area contributed by atoms with Gasteiger partial charge < -0.3 is 14.6 Å². The number of hydrogen-bond acceptors (Lipinski definition) is 3. The zero-order chi connectivity index (χ0) is 14.5. The molecule has 0 aliphatic rings. The van der Waals surface area contributed by atoms with Gasteiger partial charge in [0, 0.05) is 0 Å². The number of rotatable bonds is 5. The third kappa shape index (κ3) is 2.85. The molecular formula is C16H17FO3. The fraction of sp³-hybridized carbons (Fsp3) is 0.250. The fourth-order valence-electron chi connectivity index (χ4n) is 2.10. The van der Waals surface area contributed by atoms with Crippen LogP contribution < -0.4 is 9.47 Å². The van der Waals surface area contributed by atoms with E-state index < -0.39 is 5.82 Å². The lowest BCUT2D eigenvalue weighted by molar-refractivity contribution is 0.324. The number of halogens is 1. The normalized spacial score (nSPS) is 10.3. The van der Waals surface area contributed by atoms with Crippen molar-refractivity contribution in [2.45, 2.75) is 12.8 Å². The fourth-order valence-corrected chi connectivity index (χ4v) is 2.10. The Balaban J connectivity index is 2.27. The van der Waals surface area contributed by atoms with Crippen molar-refractivity contribution in [2.75, 3.05) is 14.2 Å². The van der Waals surface area contributed by atoms with Gasteiger partial charge in [-0.05, 0) is 30.0 Å². The zero-order valence-corrected chi connectivity index (χ0v) is 11.5. The van der Waals surface area contributed by atoms with Gasteiger partial charge in [0.1, 0.15) is 0 Å². The zero-order valence-electron chi connectivity index (χ0n) is 11.5. The maximum absolute atomic E-state index is 14.2. The number of phenols is 1. The molecule has 0 aliphatic carbocycles. The van der Waals surface area contributed by atoms with E-state index in [0.717, 1.165) is 5.56 Å². The van der Waals surface area contributed by atoms with Gasteiger partial charge in [-0.15, -0.1) is 0 Å². The van der Waals surface area contributed by atoms with Crippen LogP contribution in [-0.2, 0) is 12.8 Å². The highest BCUT2D eigenvalue weighted by Gasteiger charge is 2.19. The summed E-state index contributed by atoms with van der Waals surface area (Å²) < 4.78 is 24.2. The minimum Gasteiger partial charge on any atom is -0.502 e. The molecule has 106 valence electrons. The molecule has 4 heteroatoms. The van der Waals surface area contributed by atoms with E-state index in [1.807, 2.05) is 30.3 Å². The Bertz CT molecular complexity index is 582. The van der Waals surface area contributed by atoms with Crippen LogP contribution in [0.4, 0.5) is 4.39 Å². The Kier molecular flexibility index (Phi) is 4.45. The lowest BCUT2D eigenvalue weighted by Gasteiger charge is -2.13. The second-order valence-electron chi connectivity index (χ2n) is 4.42. The summed E-state index contributed by atoms with van der Waals surface area (Å²) in [7, 11) is 2.74. The molecule has 2 aromatic rings. The summed E-state index contributed by atoms with van der Waals surface area (Å²) in [6.45, 7) is 0. The first-order chi connectivity index (χ1) is 9.67. The van der Waals surface area contributed by atoms with Crippen molar-refractivity contribution >= 4 is 0 Å². The largest absolute Gasteiger partial charge is 0.502 e. The standard InChI is InChI=1S/C16H17FO3/c1-19-13-10-12(14(17)16(20-2)15(13)18)9-8-11-6-4-3-5-7-11/h3-7,10,18H,8-9H2,1-2H3. The lowest BCUT2D eigenvalue weighted by atomic mass is 10.0. The molecule has 2 rings (SSSR count). The molecule has 0 radical (unpaired) electrons. The number of methoxy groups -OCH3 is 2. The highest BCUT2D eigenvalue weighted by molar-refractivity contribution is 5.54. The first-order valence-corrected chi connectivity index (χ1v) is 6.33. The Labute approximate surface area is 117 Å². The van der Waals surface area contributed by atoms with Gasteiger partial charge in [-0.1, -0.05) is 30.3 Å². The predicted octanol–water partition coefficient (Wildman–Crippen LogP) is 3.33. The van der Waals surface area contributed by atoms with Crippen molar-refractivity contribution in [3.8, 4) is 17.2 Å². The molecule has 0 amide bonds. The summed E-state index contributed by atoms with van der Waals surface area (Å²) >= 11 is 0. The van der Waals surface area contributed by atoms with Crippen LogP contribution in [0.2, 0.25) is 0 Å². The van der Waals surface area contributed by atoms with E-state index in [4.69, 9.17) is 9.47 Å². The number of benzene rings is 2. The van der Waals surface area contributed by atoms with Crippen molar-refractivity contribution in [3.05, 3.63) is 53.3 Å². The van der Waals surface area contributed by atoms with Crippen LogP contribution in [0.15, 0.2) is 36.4 Å². The topological polar surface area (TPSA) is 38.7 Å². The second kappa shape index (κ2) is 6.28. The monoisotopic (exact) mass is 276 g/mol. The minimum atomic E-state index is -0.540. The molecule has 20 heavy (non-hydrogen) atoms. The van der Waals surface area contributed by atoms with Gasteiger partial charge in [0.05, 0.1) is 14.2 Å². The summed E-state index contributed by atoms with van der Waals surface area (Å²) in [6, 6.07) is 11.3. The highest BCUT2D eigenvalue weighted by atomic mass is 19.1. The van der Waals surface area contributed by atoms with Crippen molar-refractivity contribution < 1.29 is 19.0 Å². The van der Waals surface area contributed by atoms with Crippen molar-refractivity contribution in [1.82, 2.24) is 0 Å². The minimum absolute atomic E-state index is 0.174. The van der Waals surface area contributed by atoms with Gasteiger partial charge in [-0.3, -0.25) is 0 Å². The van der Waals surface area contributed by atoms with Crippen LogP contribution in [0.1, 0.15) is 11.1 Å².